The van der Waals surface area contributed by atoms with Crippen LogP contribution in [0.15, 0.2) is 42.5 Å². The Kier molecular flexibility index (Phi) is 4.83. The first kappa shape index (κ1) is 18.9. The summed E-state index contributed by atoms with van der Waals surface area (Å²) in [4.78, 5) is 0. The number of halogens is 4. The molecule has 0 bridgehead atoms. The van der Waals surface area contributed by atoms with E-state index in [4.69, 9.17) is 16.7 Å². The van der Waals surface area contributed by atoms with Crippen LogP contribution in [-0.2, 0) is 12.6 Å². The average Bonchev–Trinajstić information content (AvgIpc) is 2.83. The lowest BCUT2D eigenvalue weighted by molar-refractivity contribution is -0.137. The Bertz CT molecular complexity index is 1010. The molecule has 28 heavy (non-hydrogen) atoms. The zero-order chi connectivity index (χ0) is 19.9. The standard InChI is InChI=1S/C21H19ClF3N3/c1-13-5-8-15(9-6-13)28-20-16(4-2-3-11-26-20)19(27-28)17-12-14(21(23,24)25)7-10-18(17)22/h5-10,12,26H,2-4,11H2,1H3. The van der Waals surface area contributed by atoms with Crippen LogP contribution in [0.2, 0.25) is 5.02 Å². The predicted molar refractivity (Wildman–Crippen MR) is 105 cm³/mol. The topological polar surface area (TPSA) is 29.9 Å². The molecule has 0 aliphatic carbocycles. The van der Waals surface area contributed by atoms with E-state index < -0.39 is 11.7 Å². The van der Waals surface area contributed by atoms with E-state index in [0.717, 1.165) is 60.6 Å². The Balaban J connectivity index is 1.92. The average molecular weight is 406 g/mol. The van der Waals surface area contributed by atoms with Crippen molar-refractivity contribution in [3.63, 3.8) is 0 Å². The van der Waals surface area contributed by atoms with Crippen molar-refractivity contribution in [3.05, 3.63) is 64.2 Å². The van der Waals surface area contributed by atoms with E-state index in [0.29, 0.717) is 11.3 Å². The van der Waals surface area contributed by atoms with E-state index in [1.165, 1.54) is 6.07 Å². The molecule has 0 radical (unpaired) electrons. The fraction of sp³-hybridized carbons (Fsp3) is 0.286. The van der Waals surface area contributed by atoms with Gasteiger partial charge in [0.1, 0.15) is 5.82 Å². The fourth-order valence-corrected chi connectivity index (χ4v) is 3.68. The third-order valence-electron chi connectivity index (χ3n) is 4.96. The van der Waals surface area contributed by atoms with Crippen molar-refractivity contribution < 1.29 is 13.2 Å². The van der Waals surface area contributed by atoms with Gasteiger partial charge in [0.2, 0.25) is 0 Å². The zero-order valence-corrected chi connectivity index (χ0v) is 16.0. The number of aryl methyl sites for hydroxylation is 1. The lowest BCUT2D eigenvalue weighted by Gasteiger charge is -2.10. The quantitative estimate of drug-likeness (QED) is 0.544. The van der Waals surface area contributed by atoms with Crippen LogP contribution in [0, 0.1) is 6.92 Å². The Morgan fingerprint density at radius 1 is 1.07 bits per heavy atom. The van der Waals surface area contributed by atoms with Crippen molar-refractivity contribution in [2.24, 2.45) is 0 Å². The molecule has 1 aliphatic rings. The third-order valence-corrected chi connectivity index (χ3v) is 5.29. The van der Waals surface area contributed by atoms with Gasteiger partial charge in [-0.05, 0) is 56.5 Å². The number of fused-ring (bicyclic) bond motifs is 1. The molecule has 3 nitrogen and oxygen atoms in total. The van der Waals surface area contributed by atoms with E-state index in [1.54, 1.807) is 4.68 Å². The molecule has 0 amide bonds. The highest BCUT2D eigenvalue weighted by molar-refractivity contribution is 6.33. The second kappa shape index (κ2) is 7.17. The van der Waals surface area contributed by atoms with Gasteiger partial charge < -0.3 is 5.32 Å². The molecule has 1 aliphatic heterocycles. The Morgan fingerprint density at radius 3 is 2.54 bits per heavy atom. The molecule has 1 N–H and O–H groups in total. The summed E-state index contributed by atoms with van der Waals surface area (Å²) >= 11 is 6.30. The summed E-state index contributed by atoms with van der Waals surface area (Å²) in [6.45, 7) is 2.79. The number of nitrogens with one attached hydrogen (secondary N) is 1. The maximum absolute atomic E-state index is 13.2. The predicted octanol–water partition coefficient (Wildman–Crippen LogP) is 6.27. The molecule has 0 spiro atoms. The summed E-state index contributed by atoms with van der Waals surface area (Å²) in [6, 6.07) is 11.3. The smallest absolute Gasteiger partial charge is 0.370 e. The van der Waals surface area contributed by atoms with Crippen molar-refractivity contribution in [3.8, 4) is 16.9 Å². The molecule has 2 heterocycles. The Labute approximate surface area is 166 Å². The number of aromatic nitrogens is 2. The third kappa shape index (κ3) is 3.49. The summed E-state index contributed by atoms with van der Waals surface area (Å²) in [5.74, 6) is 0.824. The van der Waals surface area contributed by atoms with Crippen LogP contribution in [0.5, 0.6) is 0 Å². The molecule has 2 aromatic carbocycles. The van der Waals surface area contributed by atoms with Crippen LogP contribution in [0.1, 0.15) is 29.5 Å². The molecule has 0 fully saturated rings. The molecule has 146 valence electrons. The van der Waals surface area contributed by atoms with Crippen LogP contribution >= 0.6 is 11.6 Å². The summed E-state index contributed by atoms with van der Waals surface area (Å²) in [7, 11) is 0. The summed E-state index contributed by atoms with van der Waals surface area (Å²) in [5, 5.41) is 8.34. The van der Waals surface area contributed by atoms with Crippen LogP contribution in [-0.4, -0.2) is 16.3 Å². The van der Waals surface area contributed by atoms with Gasteiger partial charge in [-0.1, -0.05) is 29.3 Å². The van der Waals surface area contributed by atoms with E-state index in [2.05, 4.69) is 5.32 Å². The first-order chi connectivity index (χ1) is 13.3. The van der Waals surface area contributed by atoms with Gasteiger partial charge in [0, 0.05) is 17.7 Å². The van der Waals surface area contributed by atoms with Crippen LogP contribution < -0.4 is 5.32 Å². The summed E-state index contributed by atoms with van der Waals surface area (Å²) in [5.41, 5.74) is 2.96. The minimum atomic E-state index is -4.44. The molecular formula is C21H19ClF3N3. The second-order valence-corrected chi connectivity index (χ2v) is 7.41. The van der Waals surface area contributed by atoms with E-state index >= 15 is 0 Å². The summed E-state index contributed by atoms with van der Waals surface area (Å²) in [6.07, 6.45) is -1.79. The first-order valence-corrected chi connectivity index (χ1v) is 9.52. The minimum Gasteiger partial charge on any atom is -0.370 e. The van der Waals surface area contributed by atoms with E-state index in [-0.39, 0.29) is 5.02 Å². The largest absolute Gasteiger partial charge is 0.416 e. The summed E-state index contributed by atoms with van der Waals surface area (Å²) < 4.78 is 41.5. The van der Waals surface area contributed by atoms with Gasteiger partial charge in [0.15, 0.2) is 0 Å². The van der Waals surface area contributed by atoms with Crippen molar-refractivity contribution in [1.82, 2.24) is 9.78 Å². The lowest BCUT2D eigenvalue weighted by Crippen LogP contribution is -2.07. The monoisotopic (exact) mass is 405 g/mol. The fourth-order valence-electron chi connectivity index (χ4n) is 3.47. The highest BCUT2D eigenvalue weighted by Gasteiger charge is 2.32. The lowest BCUT2D eigenvalue weighted by atomic mass is 10.0. The van der Waals surface area contributed by atoms with Gasteiger partial charge in [-0.2, -0.15) is 18.3 Å². The van der Waals surface area contributed by atoms with Gasteiger partial charge in [-0.25, -0.2) is 4.68 Å². The number of benzene rings is 2. The molecule has 0 saturated heterocycles. The molecule has 0 saturated carbocycles. The SMILES string of the molecule is Cc1ccc(-n2nc(-c3cc(C(F)(F)F)ccc3Cl)c3c2NCCCC3)cc1. The maximum Gasteiger partial charge on any atom is 0.416 e. The maximum atomic E-state index is 13.2. The number of nitrogens with zero attached hydrogens (tertiary/aromatic N) is 2. The minimum absolute atomic E-state index is 0.258. The molecule has 0 unspecified atom stereocenters. The van der Waals surface area contributed by atoms with Crippen molar-refractivity contribution in [1.29, 1.82) is 0 Å². The van der Waals surface area contributed by atoms with Gasteiger partial charge in [-0.15, -0.1) is 0 Å². The number of hydrogen-bond donors (Lipinski definition) is 1. The highest BCUT2D eigenvalue weighted by atomic mass is 35.5. The molecule has 7 heteroatoms. The highest BCUT2D eigenvalue weighted by Crippen LogP contribution is 2.40. The normalized spacial score (nSPS) is 14.3. The van der Waals surface area contributed by atoms with Gasteiger partial charge in [0.05, 0.1) is 22.0 Å². The van der Waals surface area contributed by atoms with Gasteiger partial charge >= 0.3 is 6.18 Å². The number of anilines is 1. The van der Waals surface area contributed by atoms with Crippen molar-refractivity contribution in [2.45, 2.75) is 32.4 Å². The van der Waals surface area contributed by atoms with E-state index in [1.807, 2.05) is 31.2 Å². The molecule has 1 aromatic heterocycles. The van der Waals surface area contributed by atoms with Crippen molar-refractivity contribution in [2.75, 3.05) is 11.9 Å². The van der Waals surface area contributed by atoms with E-state index in [9.17, 15) is 13.2 Å². The molecule has 0 atom stereocenters. The molecule has 4 rings (SSSR count). The Hall–Kier alpha value is -2.47. The van der Waals surface area contributed by atoms with Crippen LogP contribution in [0.4, 0.5) is 19.0 Å². The Morgan fingerprint density at radius 2 is 1.82 bits per heavy atom. The van der Waals surface area contributed by atoms with Gasteiger partial charge in [0.25, 0.3) is 0 Å². The molecule has 3 aromatic rings. The first-order valence-electron chi connectivity index (χ1n) is 9.14. The second-order valence-electron chi connectivity index (χ2n) is 7.00. The van der Waals surface area contributed by atoms with Crippen LogP contribution in [0.25, 0.3) is 16.9 Å². The zero-order valence-electron chi connectivity index (χ0n) is 15.3. The van der Waals surface area contributed by atoms with Crippen molar-refractivity contribution >= 4 is 17.4 Å². The number of rotatable bonds is 2. The molecular weight excluding hydrogens is 387 g/mol. The number of alkyl halides is 3. The van der Waals surface area contributed by atoms with Crippen LogP contribution in [0.3, 0.4) is 0 Å². The number of hydrogen-bond acceptors (Lipinski definition) is 2. The van der Waals surface area contributed by atoms with Gasteiger partial charge in [-0.3, -0.25) is 0 Å².